The van der Waals surface area contributed by atoms with E-state index in [0.717, 1.165) is 44.1 Å². The summed E-state index contributed by atoms with van der Waals surface area (Å²) in [5.74, 6) is 0.848. The average Bonchev–Trinajstić information content (AvgIpc) is 3.16. The zero-order valence-electron chi connectivity index (χ0n) is 19.8. The highest BCUT2D eigenvalue weighted by molar-refractivity contribution is 8.18. The van der Waals surface area contributed by atoms with Gasteiger partial charge >= 0.3 is 0 Å². The number of amides is 1. The fourth-order valence-corrected chi connectivity index (χ4v) is 5.29. The number of rotatable bonds is 8. The van der Waals surface area contributed by atoms with Gasteiger partial charge in [0.25, 0.3) is 5.91 Å². The quantitative estimate of drug-likeness (QED) is 0.302. The highest BCUT2D eigenvalue weighted by Gasteiger charge is 2.38. The largest absolute Gasteiger partial charge is 0.493 e. The summed E-state index contributed by atoms with van der Waals surface area (Å²) in [5, 5.41) is 0.541. The molecule has 5 nitrogen and oxygen atoms in total. The van der Waals surface area contributed by atoms with E-state index in [1.165, 1.54) is 24.2 Å². The van der Waals surface area contributed by atoms with Crippen molar-refractivity contribution < 1.29 is 18.7 Å². The Labute approximate surface area is 205 Å². The van der Waals surface area contributed by atoms with Crippen LogP contribution in [0.2, 0.25) is 0 Å². The molecule has 4 rings (SSSR count). The number of carbonyl (C=O) groups is 1. The van der Waals surface area contributed by atoms with Crippen molar-refractivity contribution in [3.8, 4) is 11.5 Å². The second-order valence-corrected chi connectivity index (χ2v) is 9.54. The van der Waals surface area contributed by atoms with Crippen LogP contribution in [-0.4, -0.2) is 35.7 Å². The number of para-hydroxylation sites is 1. The van der Waals surface area contributed by atoms with E-state index in [0.29, 0.717) is 28.2 Å². The zero-order chi connectivity index (χ0) is 23.9. The standard InChI is InChI=1S/C27H31FN2O3S/c1-3-4-16-33-23-15-14-19(17-24(23)32-2)18-25-26(31)30(20-10-6-5-7-11-20)27(34-25)29-22-13-9-8-12-21(22)28/h8-9,12-15,17-18,20H,3-7,10-11,16H2,1-2H3/b25-18+,29-27?. The molecule has 7 heteroatoms. The number of hydrogen-bond donors (Lipinski definition) is 0. The van der Waals surface area contributed by atoms with Gasteiger partial charge in [-0.25, -0.2) is 9.38 Å². The van der Waals surface area contributed by atoms with Crippen LogP contribution in [0.3, 0.4) is 0 Å². The lowest BCUT2D eigenvalue weighted by atomic mass is 9.94. The Kier molecular flexibility index (Phi) is 8.27. The molecule has 1 aliphatic heterocycles. The van der Waals surface area contributed by atoms with E-state index in [-0.39, 0.29) is 17.6 Å². The molecule has 0 atom stereocenters. The first-order valence-electron chi connectivity index (χ1n) is 12.0. The predicted octanol–water partition coefficient (Wildman–Crippen LogP) is 6.95. The topological polar surface area (TPSA) is 51.1 Å². The Bertz CT molecular complexity index is 1080. The number of halogens is 1. The average molecular weight is 483 g/mol. The maximum atomic E-state index is 14.3. The number of amidine groups is 1. The van der Waals surface area contributed by atoms with Crippen molar-refractivity contribution in [2.75, 3.05) is 13.7 Å². The Balaban J connectivity index is 1.64. The lowest BCUT2D eigenvalue weighted by Crippen LogP contribution is -2.40. The van der Waals surface area contributed by atoms with Crippen LogP contribution in [0.5, 0.6) is 11.5 Å². The first-order chi connectivity index (χ1) is 16.6. The van der Waals surface area contributed by atoms with Crippen LogP contribution in [0, 0.1) is 5.82 Å². The third-order valence-electron chi connectivity index (χ3n) is 6.09. The third-order valence-corrected chi connectivity index (χ3v) is 7.07. The minimum Gasteiger partial charge on any atom is -0.493 e. The summed E-state index contributed by atoms with van der Waals surface area (Å²) in [6.45, 7) is 2.75. The molecule has 2 aromatic carbocycles. The lowest BCUT2D eigenvalue weighted by molar-refractivity contribution is -0.124. The van der Waals surface area contributed by atoms with E-state index in [1.54, 1.807) is 30.2 Å². The number of aliphatic imine (C=N–C) groups is 1. The molecule has 1 amide bonds. The molecule has 0 radical (unpaired) electrons. The van der Waals surface area contributed by atoms with Crippen LogP contribution in [0.15, 0.2) is 52.4 Å². The number of benzene rings is 2. The number of ether oxygens (including phenoxy) is 2. The number of nitrogens with zero attached hydrogens (tertiary/aromatic N) is 2. The van der Waals surface area contributed by atoms with E-state index < -0.39 is 5.82 Å². The van der Waals surface area contributed by atoms with Gasteiger partial charge < -0.3 is 9.47 Å². The van der Waals surface area contributed by atoms with Gasteiger partial charge in [-0.2, -0.15) is 0 Å². The molecular formula is C27H31FN2O3S. The van der Waals surface area contributed by atoms with Crippen molar-refractivity contribution in [2.24, 2.45) is 4.99 Å². The highest BCUT2D eigenvalue weighted by Crippen LogP contribution is 2.39. The summed E-state index contributed by atoms with van der Waals surface area (Å²) in [6, 6.07) is 12.2. The van der Waals surface area contributed by atoms with E-state index in [2.05, 4.69) is 11.9 Å². The van der Waals surface area contributed by atoms with Crippen LogP contribution >= 0.6 is 11.8 Å². The van der Waals surface area contributed by atoms with Gasteiger partial charge in [-0.1, -0.05) is 50.8 Å². The Morgan fingerprint density at radius 2 is 1.94 bits per heavy atom. The van der Waals surface area contributed by atoms with Gasteiger partial charge in [0.15, 0.2) is 16.7 Å². The predicted molar refractivity (Wildman–Crippen MR) is 136 cm³/mol. The molecule has 0 unspecified atom stereocenters. The molecule has 0 bridgehead atoms. The van der Waals surface area contributed by atoms with Crippen LogP contribution < -0.4 is 9.47 Å². The molecule has 0 spiro atoms. The number of hydrogen-bond acceptors (Lipinski definition) is 5. The molecule has 180 valence electrons. The van der Waals surface area contributed by atoms with E-state index in [4.69, 9.17) is 9.47 Å². The van der Waals surface area contributed by atoms with Gasteiger partial charge in [0, 0.05) is 6.04 Å². The first kappa shape index (κ1) is 24.3. The van der Waals surface area contributed by atoms with E-state index >= 15 is 0 Å². The molecule has 2 fully saturated rings. The minimum absolute atomic E-state index is 0.0748. The molecule has 2 aromatic rings. The van der Waals surface area contributed by atoms with Crippen molar-refractivity contribution >= 4 is 34.6 Å². The van der Waals surface area contributed by atoms with Gasteiger partial charge in [0.2, 0.25) is 0 Å². The monoisotopic (exact) mass is 482 g/mol. The number of carbonyl (C=O) groups excluding carboxylic acids is 1. The van der Waals surface area contributed by atoms with Crippen molar-refractivity contribution in [3.63, 3.8) is 0 Å². The fourth-order valence-electron chi connectivity index (χ4n) is 4.24. The van der Waals surface area contributed by atoms with Crippen LogP contribution in [-0.2, 0) is 4.79 Å². The van der Waals surface area contributed by atoms with Gasteiger partial charge in [-0.15, -0.1) is 0 Å². The van der Waals surface area contributed by atoms with Crippen molar-refractivity contribution in [2.45, 2.75) is 57.9 Å². The van der Waals surface area contributed by atoms with E-state index in [9.17, 15) is 9.18 Å². The van der Waals surface area contributed by atoms with E-state index in [1.807, 2.05) is 24.3 Å². The van der Waals surface area contributed by atoms with Crippen molar-refractivity contribution in [1.29, 1.82) is 0 Å². The fraction of sp³-hybridized carbons (Fsp3) is 0.407. The molecule has 2 aliphatic rings. The summed E-state index contributed by atoms with van der Waals surface area (Å²) in [5.41, 5.74) is 1.08. The molecule has 1 aliphatic carbocycles. The van der Waals surface area contributed by atoms with Crippen LogP contribution in [0.1, 0.15) is 57.4 Å². The molecule has 1 saturated carbocycles. The van der Waals surface area contributed by atoms with Gasteiger partial charge in [0.1, 0.15) is 11.5 Å². The molecule has 1 heterocycles. The lowest BCUT2D eigenvalue weighted by Gasteiger charge is -2.30. The molecule has 34 heavy (non-hydrogen) atoms. The summed E-state index contributed by atoms with van der Waals surface area (Å²) in [6.07, 6.45) is 9.11. The van der Waals surface area contributed by atoms with Crippen molar-refractivity contribution in [1.82, 2.24) is 4.90 Å². The molecular weight excluding hydrogens is 451 g/mol. The molecule has 1 saturated heterocycles. The highest BCUT2D eigenvalue weighted by atomic mass is 32.2. The van der Waals surface area contributed by atoms with Gasteiger partial charge in [-0.3, -0.25) is 9.69 Å². The summed E-state index contributed by atoms with van der Waals surface area (Å²) in [7, 11) is 1.61. The zero-order valence-corrected chi connectivity index (χ0v) is 20.6. The second kappa shape index (κ2) is 11.6. The Morgan fingerprint density at radius 1 is 1.15 bits per heavy atom. The maximum Gasteiger partial charge on any atom is 0.267 e. The summed E-state index contributed by atoms with van der Waals surface area (Å²) >= 11 is 1.30. The normalized spacial score (nSPS) is 19.3. The third kappa shape index (κ3) is 5.63. The smallest absolute Gasteiger partial charge is 0.267 e. The van der Waals surface area contributed by atoms with Gasteiger partial charge in [0.05, 0.1) is 18.6 Å². The summed E-state index contributed by atoms with van der Waals surface area (Å²) in [4.78, 5) is 20.4. The first-order valence-corrected chi connectivity index (χ1v) is 12.8. The Morgan fingerprint density at radius 3 is 2.68 bits per heavy atom. The van der Waals surface area contributed by atoms with Crippen molar-refractivity contribution in [3.05, 3.63) is 58.8 Å². The number of methoxy groups -OCH3 is 1. The van der Waals surface area contributed by atoms with Crippen LogP contribution in [0.25, 0.3) is 6.08 Å². The van der Waals surface area contributed by atoms with Gasteiger partial charge in [-0.05, 0) is 66.9 Å². The second-order valence-electron chi connectivity index (χ2n) is 8.54. The van der Waals surface area contributed by atoms with Crippen LogP contribution in [0.4, 0.5) is 10.1 Å². The molecule has 0 aromatic heterocycles. The minimum atomic E-state index is -0.396. The summed E-state index contributed by atoms with van der Waals surface area (Å²) < 4.78 is 25.7. The maximum absolute atomic E-state index is 14.3. The number of unbranched alkanes of at least 4 members (excludes halogenated alkanes) is 1. The molecule has 0 N–H and O–H groups in total. The number of thioether (sulfide) groups is 1. The Hall–Kier alpha value is -2.80. The SMILES string of the molecule is CCCCOc1ccc(/C=C2/SC(=Nc3ccccc3F)N(C3CCCCC3)C2=O)cc1OC.